The van der Waals surface area contributed by atoms with Crippen molar-refractivity contribution in [1.82, 2.24) is 9.99 Å². The molecule has 0 aliphatic heterocycles. The molecule has 0 aliphatic rings. The van der Waals surface area contributed by atoms with Gasteiger partial charge in [-0.3, -0.25) is 9.36 Å². The van der Waals surface area contributed by atoms with Crippen molar-refractivity contribution in [3.05, 3.63) is 59.2 Å². The third-order valence-electron chi connectivity index (χ3n) is 4.97. The van der Waals surface area contributed by atoms with Gasteiger partial charge in [0.15, 0.2) is 0 Å². The summed E-state index contributed by atoms with van der Waals surface area (Å²) < 4.78 is 80.5. The lowest BCUT2D eigenvalue weighted by Crippen LogP contribution is -2.19. The molecule has 36 heavy (non-hydrogen) atoms. The third kappa shape index (κ3) is 6.36. The number of hydrazone groups is 1. The van der Waals surface area contributed by atoms with Gasteiger partial charge in [0.05, 0.1) is 27.9 Å². The fraction of sp³-hybridized carbons (Fsp3) is 0.333. The standard InChI is InChI=1S/C22H19F6N3O3.C2H6/c1-12(29-30-18(33)6-3-9-32)19-16-8-7-14(22(26,27)28)11-17(16)31(20(19)34)15-5-2-4-13(10-15)21(23,24)25;1-2/h2,4-5,7-8,10-11,32,34H,3,6,9H2,1H3,(H,30,33);1-2H3/b29-12+;. The molecule has 1 aromatic heterocycles. The van der Waals surface area contributed by atoms with E-state index < -0.39 is 35.3 Å². The van der Waals surface area contributed by atoms with E-state index in [-0.39, 0.29) is 47.3 Å². The summed E-state index contributed by atoms with van der Waals surface area (Å²) in [4.78, 5) is 11.8. The molecular weight excluding hydrogens is 492 g/mol. The minimum Gasteiger partial charge on any atom is -0.494 e. The largest absolute Gasteiger partial charge is 0.494 e. The number of fused-ring (bicyclic) bond motifs is 1. The van der Waals surface area contributed by atoms with Crippen molar-refractivity contribution in [3.8, 4) is 11.6 Å². The predicted octanol–water partition coefficient (Wildman–Crippen LogP) is 6.01. The lowest BCUT2D eigenvalue weighted by atomic mass is 10.1. The van der Waals surface area contributed by atoms with Crippen LogP contribution in [0.4, 0.5) is 26.3 Å². The molecule has 0 fully saturated rings. The Balaban J connectivity index is 0.00000222. The van der Waals surface area contributed by atoms with E-state index in [1.54, 1.807) is 0 Å². The number of hydrogen-bond donors (Lipinski definition) is 3. The van der Waals surface area contributed by atoms with Crippen LogP contribution in [0, 0.1) is 0 Å². The molecule has 3 N–H and O–H groups in total. The van der Waals surface area contributed by atoms with Crippen LogP contribution in [-0.2, 0) is 17.1 Å². The Morgan fingerprint density at radius 1 is 1.00 bits per heavy atom. The Labute approximate surface area is 202 Å². The summed E-state index contributed by atoms with van der Waals surface area (Å²) in [5.41, 5.74) is -0.396. The van der Waals surface area contributed by atoms with Crippen molar-refractivity contribution < 1.29 is 41.4 Å². The number of benzene rings is 2. The summed E-state index contributed by atoms with van der Waals surface area (Å²) >= 11 is 0. The quantitative estimate of drug-likeness (QED) is 0.213. The highest BCUT2D eigenvalue weighted by Gasteiger charge is 2.33. The number of aliphatic hydroxyl groups excluding tert-OH is 1. The molecule has 1 heterocycles. The lowest BCUT2D eigenvalue weighted by molar-refractivity contribution is -0.138. The number of aromatic hydroxyl groups is 1. The van der Waals surface area contributed by atoms with Crippen LogP contribution in [0.25, 0.3) is 16.6 Å². The Morgan fingerprint density at radius 2 is 1.61 bits per heavy atom. The molecule has 0 spiro atoms. The predicted molar refractivity (Wildman–Crippen MR) is 123 cm³/mol. The van der Waals surface area contributed by atoms with Gasteiger partial charge in [-0.15, -0.1) is 0 Å². The number of rotatable bonds is 6. The van der Waals surface area contributed by atoms with E-state index in [9.17, 15) is 36.2 Å². The van der Waals surface area contributed by atoms with Gasteiger partial charge in [0.25, 0.3) is 0 Å². The lowest BCUT2D eigenvalue weighted by Gasteiger charge is -2.12. The van der Waals surface area contributed by atoms with Gasteiger partial charge in [0.1, 0.15) is 0 Å². The van der Waals surface area contributed by atoms with Crippen molar-refractivity contribution in [3.63, 3.8) is 0 Å². The van der Waals surface area contributed by atoms with E-state index in [1.165, 1.54) is 13.0 Å². The fourth-order valence-electron chi connectivity index (χ4n) is 3.39. The number of aromatic nitrogens is 1. The van der Waals surface area contributed by atoms with Gasteiger partial charge < -0.3 is 10.2 Å². The first-order valence-electron chi connectivity index (χ1n) is 10.9. The highest BCUT2D eigenvalue weighted by atomic mass is 19.4. The van der Waals surface area contributed by atoms with Gasteiger partial charge >= 0.3 is 12.4 Å². The number of carbonyl (C=O) groups excluding carboxylic acids is 1. The molecule has 1 amide bonds. The summed E-state index contributed by atoms with van der Waals surface area (Å²) in [7, 11) is 0. The maximum absolute atomic E-state index is 13.3. The summed E-state index contributed by atoms with van der Waals surface area (Å²) in [5, 5.41) is 23.6. The van der Waals surface area contributed by atoms with Gasteiger partial charge in [-0.25, -0.2) is 5.43 Å². The second-order valence-corrected chi connectivity index (χ2v) is 7.37. The van der Waals surface area contributed by atoms with Gasteiger partial charge in [-0.1, -0.05) is 26.0 Å². The maximum atomic E-state index is 13.3. The van der Waals surface area contributed by atoms with E-state index in [2.05, 4.69) is 10.5 Å². The molecule has 2 aromatic carbocycles. The van der Waals surface area contributed by atoms with Crippen molar-refractivity contribution >= 4 is 22.5 Å². The van der Waals surface area contributed by atoms with E-state index in [0.717, 1.165) is 28.8 Å². The number of aliphatic hydroxyl groups is 1. The third-order valence-corrected chi connectivity index (χ3v) is 4.97. The van der Waals surface area contributed by atoms with Crippen LogP contribution in [0.5, 0.6) is 5.88 Å². The van der Waals surface area contributed by atoms with Gasteiger partial charge in [0.2, 0.25) is 11.8 Å². The first-order chi connectivity index (χ1) is 16.8. The van der Waals surface area contributed by atoms with Crippen LogP contribution in [0.15, 0.2) is 47.6 Å². The second kappa shape index (κ2) is 11.5. The van der Waals surface area contributed by atoms with Crippen molar-refractivity contribution in [2.45, 2.75) is 46.0 Å². The fourth-order valence-corrected chi connectivity index (χ4v) is 3.39. The van der Waals surface area contributed by atoms with Crippen LogP contribution < -0.4 is 5.43 Å². The van der Waals surface area contributed by atoms with Crippen molar-refractivity contribution in [2.75, 3.05) is 6.61 Å². The highest BCUT2D eigenvalue weighted by Crippen LogP contribution is 2.39. The molecule has 12 heteroatoms. The number of halogens is 6. The van der Waals surface area contributed by atoms with E-state index in [0.29, 0.717) is 12.1 Å². The molecule has 0 unspecified atom stereocenters. The summed E-state index contributed by atoms with van der Waals surface area (Å²) in [5.74, 6) is -1.20. The minimum absolute atomic E-state index is 0.00494. The molecule has 3 rings (SSSR count). The molecule has 0 aliphatic carbocycles. The number of hydrogen-bond acceptors (Lipinski definition) is 4. The molecule has 0 atom stereocenters. The molecule has 6 nitrogen and oxygen atoms in total. The summed E-state index contributed by atoms with van der Waals surface area (Å²) in [6.45, 7) is 5.15. The Hall–Kier alpha value is -3.54. The normalized spacial score (nSPS) is 12.3. The minimum atomic E-state index is -4.74. The van der Waals surface area contributed by atoms with Gasteiger partial charge in [-0.05, 0) is 43.7 Å². The number of nitrogens with one attached hydrogen (secondary N) is 1. The molecule has 0 bridgehead atoms. The molecule has 196 valence electrons. The van der Waals surface area contributed by atoms with E-state index in [1.807, 2.05) is 13.8 Å². The number of alkyl halides is 6. The van der Waals surface area contributed by atoms with Crippen molar-refractivity contribution in [1.29, 1.82) is 0 Å². The number of amides is 1. The van der Waals surface area contributed by atoms with Gasteiger partial charge in [0, 0.05) is 24.1 Å². The molecule has 3 aromatic rings. The average Bonchev–Trinajstić information content (AvgIpc) is 3.12. The van der Waals surface area contributed by atoms with Gasteiger partial charge in [-0.2, -0.15) is 31.4 Å². The van der Waals surface area contributed by atoms with E-state index >= 15 is 0 Å². The van der Waals surface area contributed by atoms with Crippen LogP contribution in [0.3, 0.4) is 0 Å². The molecular formula is C24H25F6N3O3. The Bertz CT molecular complexity index is 1250. The molecule has 0 radical (unpaired) electrons. The SMILES string of the molecule is C/C(=N\NC(=O)CCCO)c1c(O)n(-c2cccc(C(F)(F)F)c2)c2cc(C(F)(F)F)ccc12.CC. The smallest absolute Gasteiger partial charge is 0.416 e. The van der Waals surface area contributed by atoms with Crippen LogP contribution in [0.1, 0.15) is 50.3 Å². The maximum Gasteiger partial charge on any atom is 0.416 e. The first kappa shape index (κ1) is 28.7. The number of nitrogens with zero attached hydrogens (tertiary/aromatic N) is 2. The Kier molecular flexibility index (Phi) is 9.14. The zero-order valence-electron chi connectivity index (χ0n) is 19.6. The van der Waals surface area contributed by atoms with Crippen LogP contribution >= 0.6 is 0 Å². The van der Waals surface area contributed by atoms with E-state index in [4.69, 9.17) is 5.11 Å². The van der Waals surface area contributed by atoms with Crippen molar-refractivity contribution in [2.24, 2.45) is 5.10 Å². The zero-order valence-corrected chi connectivity index (χ0v) is 19.6. The molecule has 0 saturated heterocycles. The Morgan fingerprint density at radius 3 is 2.19 bits per heavy atom. The topological polar surface area (TPSA) is 86.8 Å². The second-order valence-electron chi connectivity index (χ2n) is 7.37. The summed E-state index contributed by atoms with van der Waals surface area (Å²) in [6.07, 6.45) is -9.32. The van der Waals surface area contributed by atoms with Crippen LogP contribution in [-0.4, -0.2) is 33.0 Å². The molecule has 0 saturated carbocycles. The monoisotopic (exact) mass is 517 g/mol. The zero-order chi connectivity index (χ0) is 27.3. The first-order valence-corrected chi connectivity index (χ1v) is 10.9. The highest BCUT2D eigenvalue weighted by molar-refractivity contribution is 6.13. The summed E-state index contributed by atoms with van der Waals surface area (Å²) in [6, 6.07) is 6.33. The number of carbonyl (C=O) groups is 1. The van der Waals surface area contributed by atoms with Crippen LogP contribution in [0.2, 0.25) is 0 Å². The average molecular weight is 517 g/mol.